The molecule has 2 aromatic carbocycles. The van der Waals surface area contributed by atoms with Gasteiger partial charge in [0.15, 0.2) is 0 Å². The molecule has 0 unspecified atom stereocenters. The number of carbonyl (C=O) groups excluding carboxylic acids is 1. The lowest BCUT2D eigenvalue weighted by molar-refractivity contribution is -0.120. The van der Waals surface area contributed by atoms with Crippen molar-refractivity contribution in [1.82, 2.24) is 8.61 Å². The van der Waals surface area contributed by atoms with E-state index in [0.717, 1.165) is 19.3 Å². The zero-order chi connectivity index (χ0) is 25.9. The number of sulfonamides is 2. The number of anilines is 1. The Balaban J connectivity index is 1.32. The fourth-order valence-corrected chi connectivity index (χ4v) is 8.38. The van der Waals surface area contributed by atoms with Gasteiger partial charge in [0, 0.05) is 53.4 Å². The van der Waals surface area contributed by atoms with Gasteiger partial charge >= 0.3 is 0 Å². The number of rotatable bonds is 7. The van der Waals surface area contributed by atoms with Crippen molar-refractivity contribution in [3.63, 3.8) is 0 Å². The fourth-order valence-electron chi connectivity index (χ4n) is 4.55. The van der Waals surface area contributed by atoms with Gasteiger partial charge in [-0.3, -0.25) is 4.79 Å². The summed E-state index contributed by atoms with van der Waals surface area (Å²) in [7, 11) is -7.18. The third-order valence-corrected chi connectivity index (χ3v) is 11.1. The van der Waals surface area contributed by atoms with Gasteiger partial charge in [-0.1, -0.05) is 35.7 Å². The summed E-state index contributed by atoms with van der Waals surface area (Å²) in [5, 5.41) is 3.43. The van der Waals surface area contributed by atoms with Crippen LogP contribution >= 0.6 is 23.2 Å². The highest BCUT2D eigenvalue weighted by atomic mass is 35.5. The second-order valence-corrected chi connectivity index (χ2v) is 13.8. The number of hydrogen-bond donors (Lipinski definition) is 1. The van der Waals surface area contributed by atoms with Gasteiger partial charge in [-0.2, -0.15) is 4.31 Å². The molecule has 1 amide bonds. The number of nitrogens with zero attached hydrogens (tertiary/aromatic N) is 2. The summed E-state index contributed by atoms with van der Waals surface area (Å²) < 4.78 is 54.3. The minimum absolute atomic E-state index is 0.208. The summed E-state index contributed by atoms with van der Waals surface area (Å²) in [6, 6.07) is 11.0. The van der Waals surface area contributed by atoms with Gasteiger partial charge in [-0.15, -0.1) is 0 Å². The van der Waals surface area contributed by atoms with E-state index in [4.69, 9.17) is 23.2 Å². The van der Waals surface area contributed by atoms with Crippen LogP contribution in [0.3, 0.4) is 0 Å². The van der Waals surface area contributed by atoms with Crippen molar-refractivity contribution in [3.8, 4) is 0 Å². The molecule has 1 N–H and O–H groups in total. The van der Waals surface area contributed by atoms with E-state index in [-0.39, 0.29) is 35.6 Å². The van der Waals surface area contributed by atoms with Gasteiger partial charge in [-0.05, 0) is 62.1 Å². The highest BCUT2D eigenvalue weighted by molar-refractivity contribution is 7.89. The molecule has 0 saturated carbocycles. The zero-order valence-corrected chi connectivity index (χ0v) is 22.8. The normalized spacial score (nSPS) is 18.7. The lowest BCUT2D eigenvalue weighted by Crippen LogP contribution is -2.42. The highest BCUT2D eigenvalue weighted by Gasteiger charge is 2.32. The Morgan fingerprint density at radius 3 is 2.00 bits per heavy atom. The lowest BCUT2D eigenvalue weighted by atomic mass is 9.97. The topological polar surface area (TPSA) is 104 Å². The molecule has 0 radical (unpaired) electrons. The molecular formula is C24H29Cl2N3O5S2. The van der Waals surface area contributed by atoms with Gasteiger partial charge < -0.3 is 5.32 Å². The van der Waals surface area contributed by atoms with Crippen LogP contribution < -0.4 is 5.32 Å². The monoisotopic (exact) mass is 573 g/mol. The molecule has 2 aromatic rings. The molecule has 36 heavy (non-hydrogen) atoms. The first-order valence-corrected chi connectivity index (χ1v) is 15.7. The summed E-state index contributed by atoms with van der Waals surface area (Å²) in [6.45, 7) is 1.49. The van der Waals surface area contributed by atoms with E-state index in [1.807, 2.05) is 0 Å². The number of amides is 1. The number of carbonyl (C=O) groups is 1. The Kier molecular flexibility index (Phi) is 8.63. The number of hydrogen-bond acceptors (Lipinski definition) is 5. The maximum absolute atomic E-state index is 12.9. The molecule has 12 heteroatoms. The standard InChI is InChI=1S/C24H29Cl2N3O5S2/c25-22-5-4-6-23(26)21(22)17-35(31,32)28-15-11-18(12-16-28)24(30)27-19-7-9-20(10-8-19)36(33,34)29-13-2-1-3-14-29/h4-10,18H,1-3,11-17H2,(H,27,30). The summed E-state index contributed by atoms with van der Waals surface area (Å²) in [5.41, 5.74) is 0.868. The lowest BCUT2D eigenvalue weighted by Gasteiger charge is -2.30. The van der Waals surface area contributed by atoms with E-state index >= 15 is 0 Å². The van der Waals surface area contributed by atoms with Crippen LogP contribution in [0.4, 0.5) is 5.69 Å². The predicted octanol–water partition coefficient (Wildman–Crippen LogP) is 4.35. The van der Waals surface area contributed by atoms with E-state index in [2.05, 4.69) is 5.32 Å². The molecule has 0 bridgehead atoms. The van der Waals surface area contributed by atoms with Crippen molar-refractivity contribution in [3.05, 3.63) is 58.1 Å². The molecule has 0 aliphatic carbocycles. The molecule has 2 heterocycles. The van der Waals surface area contributed by atoms with Gasteiger partial charge in [0.1, 0.15) is 0 Å². The van der Waals surface area contributed by atoms with Gasteiger partial charge in [0.25, 0.3) is 0 Å². The summed E-state index contributed by atoms with van der Waals surface area (Å²) in [5.74, 6) is -0.861. The Morgan fingerprint density at radius 2 is 1.42 bits per heavy atom. The van der Waals surface area contributed by atoms with Gasteiger partial charge in [0.2, 0.25) is 26.0 Å². The van der Waals surface area contributed by atoms with E-state index in [1.54, 1.807) is 30.3 Å². The van der Waals surface area contributed by atoms with Crippen LogP contribution in [-0.4, -0.2) is 57.5 Å². The quantitative estimate of drug-likeness (QED) is 0.530. The molecule has 196 valence electrons. The number of benzene rings is 2. The Morgan fingerprint density at radius 1 is 0.833 bits per heavy atom. The molecule has 2 aliphatic rings. The fraction of sp³-hybridized carbons (Fsp3) is 0.458. The van der Waals surface area contributed by atoms with Crippen LogP contribution in [0.25, 0.3) is 0 Å². The number of nitrogens with one attached hydrogen (secondary N) is 1. The molecule has 0 spiro atoms. The maximum atomic E-state index is 12.9. The van der Waals surface area contributed by atoms with Crippen LogP contribution in [0, 0.1) is 5.92 Å². The summed E-state index contributed by atoms with van der Waals surface area (Å²) in [4.78, 5) is 13.0. The van der Waals surface area contributed by atoms with Crippen molar-refractivity contribution >= 4 is 54.8 Å². The second kappa shape index (κ2) is 11.4. The molecular weight excluding hydrogens is 545 g/mol. The summed E-state index contributed by atoms with van der Waals surface area (Å²) >= 11 is 12.3. The number of piperidine rings is 2. The van der Waals surface area contributed by atoms with Crippen molar-refractivity contribution in [2.75, 3.05) is 31.5 Å². The third kappa shape index (κ3) is 6.23. The zero-order valence-electron chi connectivity index (χ0n) is 19.7. The van der Waals surface area contributed by atoms with Gasteiger partial charge in [0.05, 0.1) is 10.6 Å². The smallest absolute Gasteiger partial charge is 0.243 e. The van der Waals surface area contributed by atoms with Crippen LogP contribution in [0.15, 0.2) is 47.4 Å². The Bertz CT molecular complexity index is 1280. The number of halogens is 2. The van der Waals surface area contributed by atoms with E-state index in [0.29, 0.717) is 47.2 Å². The largest absolute Gasteiger partial charge is 0.326 e. The molecule has 8 nitrogen and oxygen atoms in total. The minimum atomic E-state index is -3.65. The average molecular weight is 575 g/mol. The molecule has 4 rings (SSSR count). The van der Waals surface area contributed by atoms with Gasteiger partial charge in [-0.25, -0.2) is 21.1 Å². The second-order valence-electron chi connectivity index (χ2n) is 9.11. The van der Waals surface area contributed by atoms with E-state index in [9.17, 15) is 21.6 Å². The highest BCUT2D eigenvalue weighted by Crippen LogP contribution is 2.29. The van der Waals surface area contributed by atoms with Crippen LogP contribution in [0.2, 0.25) is 10.0 Å². The molecule has 2 fully saturated rings. The Hall–Kier alpha value is -1.69. The van der Waals surface area contributed by atoms with Crippen LogP contribution in [0.1, 0.15) is 37.7 Å². The first kappa shape index (κ1) is 27.3. The first-order chi connectivity index (χ1) is 17.1. The van der Waals surface area contributed by atoms with E-state index < -0.39 is 20.0 Å². The van der Waals surface area contributed by atoms with Crippen molar-refractivity contribution in [2.45, 2.75) is 42.8 Å². The molecule has 0 aromatic heterocycles. The molecule has 2 aliphatic heterocycles. The van der Waals surface area contributed by atoms with Crippen LogP contribution in [0.5, 0.6) is 0 Å². The first-order valence-electron chi connectivity index (χ1n) is 11.9. The van der Waals surface area contributed by atoms with Crippen LogP contribution in [-0.2, 0) is 30.6 Å². The molecule has 2 saturated heterocycles. The average Bonchev–Trinajstić information content (AvgIpc) is 2.87. The van der Waals surface area contributed by atoms with Crippen molar-refractivity contribution in [2.24, 2.45) is 5.92 Å². The molecule has 0 atom stereocenters. The summed E-state index contributed by atoms with van der Waals surface area (Å²) in [6.07, 6.45) is 3.52. The maximum Gasteiger partial charge on any atom is 0.243 e. The SMILES string of the molecule is O=C(Nc1ccc(S(=O)(=O)N2CCCCC2)cc1)C1CCN(S(=O)(=O)Cc2c(Cl)cccc2Cl)CC1. The Labute approximate surface area is 222 Å². The third-order valence-electron chi connectivity index (χ3n) is 6.68. The van der Waals surface area contributed by atoms with Crippen molar-refractivity contribution in [1.29, 1.82) is 0 Å². The van der Waals surface area contributed by atoms with E-state index in [1.165, 1.54) is 20.7 Å². The minimum Gasteiger partial charge on any atom is -0.326 e. The van der Waals surface area contributed by atoms with Crippen molar-refractivity contribution < 1.29 is 21.6 Å². The predicted molar refractivity (Wildman–Crippen MR) is 141 cm³/mol.